The molecule has 1 atom stereocenters. The van der Waals surface area contributed by atoms with Crippen molar-refractivity contribution in [3.63, 3.8) is 0 Å². The Morgan fingerprint density at radius 3 is 2.73 bits per heavy atom. The van der Waals surface area contributed by atoms with E-state index in [0.29, 0.717) is 0 Å². The second-order valence-corrected chi connectivity index (χ2v) is 6.79. The number of nitrogens with zero attached hydrogens (tertiary/aromatic N) is 1. The van der Waals surface area contributed by atoms with Crippen molar-refractivity contribution in [2.75, 3.05) is 0 Å². The zero-order valence-corrected chi connectivity index (χ0v) is 15.1. The van der Waals surface area contributed by atoms with Crippen LogP contribution in [-0.4, -0.2) is 16.9 Å². The second kappa shape index (κ2) is 9.33. The molecular weight excluding hydrogens is 320 g/mol. The van der Waals surface area contributed by atoms with Crippen LogP contribution in [0, 0.1) is 0 Å². The number of carbonyl (C=O) groups is 1. The van der Waals surface area contributed by atoms with Gasteiger partial charge < -0.3 is 5.32 Å². The zero-order chi connectivity index (χ0) is 17.6. The number of allylic oxidation sites excluding steroid dienone is 1. The fourth-order valence-corrected chi connectivity index (χ4v) is 3.55. The van der Waals surface area contributed by atoms with E-state index in [9.17, 15) is 4.79 Å². The van der Waals surface area contributed by atoms with E-state index in [0.717, 1.165) is 24.8 Å². The van der Waals surface area contributed by atoms with Crippen molar-refractivity contribution in [3.05, 3.63) is 71.1 Å². The molecule has 3 nitrogen and oxygen atoms in total. The van der Waals surface area contributed by atoms with Crippen LogP contribution >= 0.6 is 0 Å². The van der Waals surface area contributed by atoms with E-state index in [2.05, 4.69) is 47.6 Å². The van der Waals surface area contributed by atoms with E-state index >= 15 is 0 Å². The molecule has 1 aliphatic rings. The van der Waals surface area contributed by atoms with Gasteiger partial charge in [0, 0.05) is 30.9 Å². The quantitative estimate of drug-likeness (QED) is 0.750. The summed E-state index contributed by atoms with van der Waals surface area (Å²) in [6.45, 7) is 3.81. The molecule has 2 aromatic rings. The normalized spacial score (nSPS) is 15.9. The molecule has 1 unspecified atom stereocenters. The highest BCUT2D eigenvalue weighted by Crippen LogP contribution is 2.29. The van der Waals surface area contributed by atoms with Gasteiger partial charge in [-0.05, 0) is 47.6 Å². The largest absolute Gasteiger partial charge is 0.353 e. The molecule has 0 saturated heterocycles. The standard InChI is InChI=1S/C22H26N2O.CH4/c1-3-4-5-8-22(19-7-6-11-23-15-19)18-10-9-17-13-21(24-16(2)25)14-20(17)12-18;/h6-12,15,21H,3-5,13-14H2,1-2H3,(H,24,25);1H4. The Bertz CT molecular complexity index is 765. The first-order valence-electron chi connectivity index (χ1n) is 9.17. The van der Waals surface area contributed by atoms with Gasteiger partial charge in [0.05, 0.1) is 0 Å². The topological polar surface area (TPSA) is 42.0 Å². The molecule has 3 rings (SSSR count). The Balaban J connectivity index is 0.00000243. The monoisotopic (exact) mass is 350 g/mol. The van der Waals surface area contributed by atoms with Gasteiger partial charge >= 0.3 is 0 Å². The van der Waals surface area contributed by atoms with Gasteiger partial charge in [-0.25, -0.2) is 0 Å². The summed E-state index contributed by atoms with van der Waals surface area (Å²) in [5.41, 5.74) is 6.36. The van der Waals surface area contributed by atoms with E-state index in [1.54, 1.807) is 6.92 Å². The number of carbonyl (C=O) groups excluding carboxylic acids is 1. The molecular formula is C23H30N2O. The first kappa shape index (κ1) is 19.9. The molecule has 138 valence electrons. The van der Waals surface area contributed by atoms with Crippen LogP contribution in [0.25, 0.3) is 5.57 Å². The molecule has 1 N–H and O–H groups in total. The average molecular weight is 351 g/mol. The molecule has 0 aliphatic heterocycles. The third kappa shape index (κ3) is 4.81. The summed E-state index contributed by atoms with van der Waals surface area (Å²) in [7, 11) is 0. The lowest BCUT2D eigenvalue weighted by Gasteiger charge is -2.11. The number of nitrogens with one attached hydrogen (secondary N) is 1. The van der Waals surface area contributed by atoms with Crippen molar-refractivity contribution in [2.24, 2.45) is 0 Å². The van der Waals surface area contributed by atoms with Gasteiger partial charge in [-0.15, -0.1) is 0 Å². The lowest BCUT2D eigenvalue weighted by molar-refractivity contribution is -0.119. The Kier molecular flexibility index (Phi) is 7.14. The molecule has 1 aromatic heterocycles. The number of benzene rings is 1. The minimum Gasteiger partial charge on any atom is -0.353 e. The summed E-state index contributed by atoms with van der Waals surface area (Å²) in [5, 5.41) is 3.05. The molecule has 0 bridgehead atoms. The Labute approximate surface area is 157 Å². The summed E-state index contributed by atoms with van der Waals surface area (Å²) in [4.78, 5) is 15.6. The Morgan fingerprint density at radius 2 is 2.04 bits per heavy atom. The lowest BCUT2D eigenvalue weighted by atomic mass is 9.95. The zero-order valence-electron chi connectivity index (χ0n) is 15.1. The molecule has 1 aromatic carbocycles. The van der Waals surface area contributed by atoms with E-state index < -0.39 is 0 Å². The number of hydrogen-bond acceptors (Lipinski definition) is 2. The first-order valence-corrected chi connectivity index (χ1v) is 9.17. The van der Waals surface area contributed by atoms with Crippen LogP contribution in [0.5, 0.6) is 0 Å². The van der Waals surface area contributed by atoms with Crippen molar-refractivity contribution in [1.82, 2.24) is 10.3 Å². The maximum atomic E-state index is 11.3. The number of pyridine rings is 1. The van der Waals surface area contributed by atoms with Crippen LogP contribution in [0.4, 0.5) is 0 Å². The summed E-state index contributed by atoms with van der Waals surface area (Å²) < 4.78 is 0. The predicted molar refractivity (Wildman–Crippen MR) is 109 cm³/mol. The summed E-state index contributed by atoms with van der Waals surface area (Å²) >= 11 is 0. The van der Waals surface area contributed by atoms with Crippen molar-refractivity contribution in [2.45, 2.75) is 59.4 Å². The third-order valence-corrected chi connectivity index (χ3v) is 4.74. The number of aromatic nitrogens is 1. The highest BCUT2D eigenvalue weighted by Gasteiger charge is 2.22. The number of rotatable bonds is 6. The molecule has 1 amide bonds. The highest BCUT2D eigenvalue weighted by atomic mass is 16.1. The fourth-order valence-electron chi connectivity index (χ4n) is 3.55. The van der Waals surface area contributed by atoms with Crippen molar-refractivity contribution < 1.29 is 4.79 Å². The Morgan fingerprint density at radius 1 is 1.23 bits per heavy atom. The van der Waals surface area contributed by atoms with Crippen LogP contribution < -0.4 is 5.32 Å². The molecule has 0 spiro atoms. The van der Waals surface area contributed by atoms with Crippen molar-refractivity contribution >= 4 is 11.5 Å². The SMILES string of the molecule is C.CCCCC=C(c1cccnc1)c1ccc2c(c1)CC(NC(C)=O)C2. The van der Waals surface area contributed by atoms with E-state index in [-0.39, 0.29) is 19.4 Å². The van der Waals surface area contributed by atoms with Gasteiger partial charge in [0.2, 0.25) is 5.91 Å². The highest BCUT2D eigenvalue weighted by molar-refractivity contribution is 5.80. The molecule has 0 radical (unpaired) electrons. The molecule has 0 fully saturated rings. The minimum absolute atomic E-state index is 0. The van der Waals surface area contributed by atoms with Gasteiger partial charge in [-0.3, -0.25) is 9.78 Å². The second-order valence-electron chi connectivity index (χ2n) is 6.79. The molecule has 26 heavy (non-hydrogen) atoms. The van der Waals surface area contributed by atoms with Crippen molar-refractivity contribution in [1.29, 1.82) is 0 Å². The van der Waals surface area contributed by atoms with E-state index in [1.807, 2.05) is 18.5 Å². The van der Waals surface area contributed by atoms with E-state index in [1.165, 1.54) is 35.1 Å². The average Bonchev–Trinajstić information content (AvgIpc) is 3.00. The van der Waals surface area contributed by atoms with E-state index in [4.69, 9.17) is 0 Å². The maximum absolute atomic E-state index is 11.3. The van der Waals surface area contributed by atoms with Crippen LogP contribution in [0.1, 0.15) is 62.8 Å². The molecule has 0 saturated carbocycles. The lowest BCUT2D eigenvalue weighted by Crippen LogP contribution is -2.33. The summed E-state index contributed by atoms with van der Waals surface area (Å²) in [6.07, 6.45) is 11.4. The molecule has 3 heteroatoms. The third-order valence-electron chi connectivity index (χ3n) is 4.74. The number of amides is 1. The van der Waals surface area contributed by atoms with Gasteiger partial charge in [0.15, 0.2) is 0 Å². The predicted octanol–water partition coefficient (Wildman–Crippen LogP) is 4.94. The van der Waals surface area contributed by atoms with Crippen LogP contribution in [0.2, 0.25) is 0 Å². The van der Waals surface area contributed by atoms with Gasteiger partial charge in [-0.2, -0.15) is 0 Å². The summed E-state index contributed by atoms with van der Waals surface area (Å²) in [5.74, 6) is 0.0496. The molecule has 1 aliphatic carbocycles. The Hall–Kier alpha value is -2.42. The van der Waals surface area contributed by atoms with Gasteiger partial charge in [0.1, 0.15) is 0 Å². The number of unbranched alkanes of at least 4 members (excludes halogenated alkanes) is 2. The smallest absolute Gasteiger partial charge is 0.217 e. The summed E-state index contributed by atoms with van der Waals surface area (Å²) in [6, 6.07) is 11.1. The van der Waals surface area contributed by atoms with Crippen LogP contribution in [-0.2, 0) is 17.6 Å². The number of hydrogen-bond donors (Lipinski definition) is 1. The molecule has 1 heterocycles. The number of fused-ring (bicyclic) bond motifs is 1. The van der Waals surface area contributed by atoms with Crippen LogP contribution in [0.3, 0.4) is 0 Å². The first-order chi connectivity index (χ1) is 12.2. The minimum atomic E-state index is 0. The van der Waals surface area contributed by atoms with Crippen LogP contribution in [0.15, 0.2) is 48.8 Å². The maximum Gasteiger partial charge on any atom is 0.217 e. The van der Waals surface area contributed by atoms with Gasteiger partial charge in [0.25, 0.3) is 0 Å². The van der Waals surface area contributed by atoms with Gasteiger partial charge in [-0.1, -0.05) is 57.5 Å². The van der Waals surface area contributed by atoms with Crippen molar-refractivity contribution in [3.8, 4) is 0 Å². The fraction of sp³-hybridized carbons (Fsp3) is 0.391.